The van der Waals surface area contributed by atoms with Gasteiger partial charge in [0.2, 0.25) is 0 Å². The number of aromatic hydroxyl groups is 1. The first-order valence-electron chi connectivity index (χ1n) is 11.7. The number of aliphatic hydroxyl groups excluding tert-OH is 1. The molecule has 0 aromatic heterocycles. The Labute approximate surface area is 210 Å². The molecule has 7 heteroatoms. The summed E-state index contributed by atoms with van der Waals surface area (Å²) in [6, 6.07) is 20.3. The maximum atomic E-state index is 13.1. The summed E-state index contributed by atoms with van der Waals surface area (Å²) in [6.45, 7) is 3.10. The number of likely N-dealkylation sites (tertiary alicyclic amines) is 1. The van der Waals surface area contributed by atoms with Crippen molar-refractivity contribution in [2.45, 2.75) is 26.0 Å². The summed E-state index contributed by atoms with van der Waals surface area (Å²) in [5.41, 5.74) is 3.10. The zero-order chi connectivity index (χ0) is 25.7. The smallest absolute Gasteiger partial charge is 0.295 e. The summed E-state index contributed by atoms with van der Waals surface area (Å²) in [6.07, 6.45) is 0.520. The van der Waals surface area contributed by atoms with Gasteiger partial charge in [-0.3, -0.25) is 9.59 Å². The van der Waals surface area contributed by atoms with E-state index in [1.165, 1.54) is 17.0 Å². The van der Waals surface area contributed by atoms with Crippen molar-refractivity contribution in [3.8, 4) is 11.5 Å². The number of carbonyl (C=O) groups excluding carboxylic acids is 2. The fourth-order valence-corrected chi connectivity index (χ4v) is 4.36. The summed E-state index contributed by atoms with van der Waals surface area (Å²) < 4.78 is 11.0. The lowest BCUT2D eigenvalue weighted by molar-refractivity contribution is -0.140. The SMILES string of the molecule is COCCCN1C(=O)C(=O)C(=C(O)c2ccc(OCc3cccc(C)c3)cc2)[C@@H]1c1cccc(O)c1. The fourth-order valence-electron chi connectivity index (χ4n) is 4.36. The van der Waals surface area contributed by atoms with Gasteiger partial charge in [-0.05, 0) is 60.9 Å². The molecule has 1 aliphatic rings. The van der Waals surface area contributed by atoms with Crippen LogP contribution in [0.1, 0.15) is 34.7 Å². The van der Waals surface area contributed by atoms with Crippen LogP contribution in [-0.4, -0.2) is 47.1 Å². The van der Waals surface area contributed by atoms with E-state index >= 15 is 0 Å². The molecule has 3 aromatic rings. The number of phenols is 1. The number of amides is 1. The van der Waals surface area contributed by atoms with Crippen molar-refractivity contribution in [1.82, 2.24) is 4.90 Å². The summed E-state index contributed by atoms with van der Waals surface area (Å²) in [4.78, 5) is 27.4. The first kappa shape index (κ1) is 25.0. The van der Waals surface area contributed by atoms with Crippen molar-refractivity contribution in [2.24, 2.45) is 0 Å². The largest absolute Gasteiger partial charge is 0.508 e. The van der Waals surface area contributed by atoms with E-state index in [4.69, 9.17) is 9.47 Å². The van der Waals surface area contributed by atoms with E-state index in [0.29, 0.717) is 36.5 Å². The number of Topliss-reactive ketones (excluding diaryl/α,β-unsaturated/α-hetero) is 1. The number of nitrogens with zero attached hydrogens (tertiary/aromatic N) is 1. The summed E-state index contributed by atoms with van der Waals surface area (Å²) >= 11 is 0. The molecule has 1 amide bonds. The normalized spacial score (nSPS) is 16.9. The number of hydrogen-bond acceptors (Lipinski definition) is 6. The Kier molecular flexibility index (Phi) is 7.71. The molecule has 1 atom stereocenters. The molecule has 2 N–H and O–H groups in total. The Morgan fingerprint density at radius 1 is 1.00 bits per heavy atom. The molecule has 3 aromatic carbocycles. The second-order valence-electron chi connectivity index (χ2n) is 8.74. The second-order valence-corrected chi connectivity index (χ2v) is 8.74. The minimum atomic E-state index is -0.828. The molecular weight excluding hydrogens is 458 g/mol. The highest BCUT2D eigenvalue weighted by Crippen LogP contribution is 2.40. The van der Waals surface area contributed by atoms with E-state index in [1.54, 1.807) is 43.5 Å². The topological polar surface area (TPSA) is 96.3 Å². The van der Waals surface area contributed by atoms with Gasteiger partial charge in [0, 0.05) is 25.8 Å². The molecule has 1 fully saturated rings. The van der Waals surface area contributed by atoms with Gasteiger partial charge in [0.25, 0.3) is 11.7 Å². The molecule has 1 aliphatic heterocycles. The predicted octanol–water partition coefficient (Wildman–Crippen LogP) is 4.74. The lowest BCUT2D eigenvalue weighted by atomic mass is 9.95. The number of rotatable bonds is 9. The highest BCUT2D eigenvalue weighted by Gasteiger charge is 2.45. The lowest BCUT2D eigenvalue weighted by Crippen LogP contribution is -2.31. The third-order valence-electron chi connectivity index (χ3n) is 6.09. The second kappa shape index (κ2) is 11.1. The van der Waals surface area contributed by atoms with Crippen LogP contribution in [0, 0.1) is 6.92 Å². The number of hydrogen-bond donors (Lipinski definition) is 2. The van der Waals surface area contributed by atoms with Crippen LogP contribution in [0.5, 0.6) is 11.5 Å². The van der Waals surface area contributed by atoms with Gasteiger partial charge in [-0.15, -0.1) is 0 Å². The number of aliphatic hydroxyl groups is 1. The Balaban J connectivity index is 1.63. The maximum absolute atomic E-state index is 13.1. The Morgan fingerprint density at radius 2 is 1.75 bits per heavy atom. The van der Waals surface area contributed by atoms with Crippen molar-refractivity contribution in [1.29, 1.82) is 0 Å². The van der Waals surface area contributed by atoms with Crippen LogP contribution in [0.15, 0.2) is 78.4 Å². The molecule has 0 bridgehead atoms. The molecule has 4 rings (SSSR count). The van der Waals surface area contributed by atoms with Gasteiger partial charge < -0.3 is 24.6 Å². The number of phenolic OH excluding ortho intramolecular Hbond substituents is 1. The van der Waals surface area contributed by atoms with Gasteiger partial charge in [-0.25, -0.2) is 0 Å². The summed E-state index contributed by atoms with van der Waals surface area (Å²) in [5, 5.41) is 21.2. The Bertz CT molecular complexity index is 1280. The van der Waals surface area contributed by atoms with Crippen molar-refractivity contribution in [3.05, 3.63) is 101 Å². The molecular formula is C29H29NO6. The van der Waals surface area contributed by atoms with Crippen LogP contribution < -0.4 is 4.74 Å². The zero-order valence-electron chi connectivity index (χ0n) is 20.3. The van der Waals surface area contributed by atoms with Crippen LogP contribution in [-0.2, 0) is 20.9 Å². The Morgan fingerprint density at radius 3 is 2.44 bits per heavy atom. The van der Waals surface area contributed by atoms with Crippen molar-refractivity contribution in [3.63, 3.8) is 0 Å². The van der Waals surface area contributed by atoms with Gasteiger partial charge in [0.15, 0.2) is 0 Å². The minimum absolute atomic E-state index is 0.00471. The van der Waals surface area contributed by atoms with Crippen LogP contribution in [0.2, 0.25) is 0 Å². The average Bonchev–Trinajstić information content (AvgIpc) is 3.13. The van der Waals surface area contributed by atoms with E-state index in [9.17, 15) is 19.8 Å². The third kappa shape index (κ3) is 5.42. The van der Waals surface area contributed by atoms with E-state index in [2.05, 4.69) is 0 Å². The molecule has 7 nitrogen and oxygen atoms in total. The van der Waals surface area contributed by atoms with Gasteiger partial charge in [0.1, 0.15) is 23.9 Å². The Hall–Kier alpha value is -4.10. The van der Waals surface area contributed by atoms with Crippen LogP contribution in [0.3, 0.4) is 0 Å². The first-order chi connectivity index (χ1) is 17.4. The van der Waals surface area contributed by atoms with Crippen LogP contribution >= 0.6 is 0 Å². The van der Waals surface area contributed by atoms with E-state index in [1.807, 2.05) is 31.2 Å². The average molecular weight is 488 g/mol. The maximum Gasteiger partial charge on any atom is 0.295 e. The monoisotopic (exact) mass is 487 g/mol. The van der Waals surface area contributed by atoms with E-state index in [0.717, 1.165) is 11.1 Å². The molecule has 0 spiro atoms. The number of carbonyl (C=O) groups is 2. The number of ketones is 1. The van der Waals surface area contributed by atoms with Gasteiger partial charge >= 0.3 is 0 Å². The molecule has 1 heterocycles. The molecule has 186 valence electrons. The molecule has 1 saturated heterocycles. The molecule has 36 heavy (non-hydrogen) atoms. The van der Waals surface area contributed by atoms with Crippen molar-refractivity contribution >= 4 is 17.4 Å². The predicted molar refractivity (Wildman–Crippen MR) is 136 cm³/mol. The van der Waals surface area contributed by atoms with Crippen LogP contribution in [0.4, 0.5) is 0 Å². The van der Waals surface area contributed by atoms with Crippen LogP contribution in [0.25, 0.3) is 5.76 Å². The molecule has 0 saturated carbocycles. The number of methoxy groups -OCH3 is 1. The zero-order valence-corrected chi connectivity index (χ0v) is 20.3. The fraction of sp³-hybridized carbons (Fsp3) is 0.241. The standard InChI is InChI=1S/C29H29NO6/c1-19-6-3-7-20(16-19)18-36-24-12-10-21(11-13-24)27(32)25-26(22-8-4-9-23(31)17-22)30(14-5-15-35-2)29(34)28(25)33/h3-4,6-13,16-17,26,31-32H,5,14-15,18H2,1-2H3/t26-/m0/s1. The van der Waals surface area contributed by atoms with E-state index < -0.39 is 17.7 Å². The number of aryl methyl sites for hydroxylation is 1. The van der Waals surface area contributed by atoms with E-state index in [-0.39, 0.29) is 23.6 Å². The quantitative estimate of drug-likeness (QED) is 0.196. The number of ether oxygens (including phenoxy) is 2. The highest BCUT2D eigenvalue weighted by atomic mass is 16.5. The van der Waals surface area contributed by atoms with Gasteiger partial charge in [0.05, 0.1) is 11.6 Å². The summed E-state index contributed by atoms with van der Waals surface area (Å²) in [7, 11) is 1.56. The van der Waals surface area contributed by atoms with Gasteiger partial charge in [-0.1, -0.05) is 42.0 Å². The molecule has 0 aliphatic carbocycles. The number of benzene rings is 3. The minimum Gasteiger partial charge on any atom is -0.508 e. The third-order valence-corrected chi connectivity index (χ3v) is 6.09. The lowest BCUT2D eigenvalue weighted by Gasteiger charge is -2.25. The van der Waals surface area contributed by atoms with Crippen molar-refractivity contribution in [2.75, 3.05) is 20.3 Å². The molecule has 0 radical (unpaired) electrons. The summed E-state index contributed by atoms with van der Waals surface area (Å²) in [5.74, 6) is -1.12. The first-order valence-corrected chi connectivity index (χ1v) is 11.7. The van der Waals surface area contributed by atoms with Gasteiger partial charge in [-0.2, -0.15) is 0 Å². The van der Waals surface area contributed by atoms with Crippen molar-refractivity contribution < 1.29 is 29.3 Å². The highest BCUT2D eigenvalue weighted by molar-refractivity contribution is 6.46. The molecule has 0 unspecified atom stereocenters.